The molecule has 9 rings (SSSR count). The van der Waals surface area contributed by atoms with E-state index in [1.807, 2.05) is 0 Å². The van der Waals surface area contributed by atoms with Gasteiger partial charge >= 0.3 is 0 Å². The average molecular weight is 628 g/mol. The minimum absolute atomic E-state index is 0.0330. The highest BCUT2D eigenvalue weighted by Crippen LogP contribution is 2.55. The zero-order valence-corrected chi connectivity index (χ0v) is 28.1. The molecule has 0 aromatic heterocycles. The van der Waals surface area contributed by atoms with E-state index in [1.54, 1.807) is 11.1 Å². The van der Waals surface area contributed by atoms with Crippen molar-refractivity contribution in [2.45, 2.75) is 67.4 Å². The molecule has 0 radical (unpaired) electrons. The Balaban J connectivity index is 1.07. The Morgan fingerprint density at radius 1 is 0.638 bits per heavy atom. The molecule has 1 heterocycles. The van der Waals surface area contributed by atoms with Crippen LogP contribution in [0.5, 0.6) is 0 Å². The van der Waals surface area contributed by atoms with Gasteiger partial charge in [-0.05, 0) is 119 Å². The normalized spacial score (nSPS) is 22.0. The lowest BCUT2D eigenvalue weighted by molar-refractivity contribution is 0.364. The summed E-state index contributed by atoms with van der Waals surface area (Å²) in [4.78, 5) is 4.06. The molecule has 47 heavy (non-hydrogen) atoms. The van der Waals surface area contributed by atoms with Crippen molar-refractivity contribution in [1.82, 2.24) is 0 Å². The lowest BCUT2D eigenvalue weighted by atomic mass is 9.73. The molecule has 3 unspecified atom stereocenters. The third-order valence-electron chi connectivity index (χ3n) is 11.4. The standard InChI is InChI=1S/C45H41NS/c1-45(2)41-14-8-6-12-37(41)38-26-25-36(29-42(38)45)46(34-21-16-31(17-22-34)30-10-4-3-5-11-30)35-23-18-32(19-24-35)33-20-27-44-40(28-33)39-13-7-9-15-43(39)47-44/h3-18,21-23,25-26,29,33,40,44H,19-20,24,27-28H2,1-2H3. The predicted octanol–water partition coefficient (Wildman–Crippen LogP) is 12.5. The summed E-state index contributed by atoms with van der Waals surface area (Å²) in [6.07, 6.45) is 11.1. The van der Waals surface area contributed by atoms with Crippen molar-refractivity contribution in [1.29, 1.82) is 0 Å². The number of thioether (sulfide) groups is 1. The average Bonchev–Trinajstić information content (AvgIpc) is 3.61. The lowest BCUT2D eigenvalue weighted by Gasteiger charge is -2.36. The van der Waals surface area contributed by atoms with Crippen molar-refractivity contribution in [2.24, 2.45) is 5.92 Å². The van der Waals surface area contributed by atoms with Gasteiger partial charge in [-0.25, -0.2) is 0 Å². The van der Waals surface area contributed by atoms with Gasteiger partial charge in [0, 0.05) is 32.6 Å². The van der Waals surface area contributed by atoms with E-state index in [9.17, 15) is 0 Å². The van der Waals surface area contributed by atoms with Crippen LogP contribution in [0.1, 0.15) is 68.6 Å². The van der Waals surface area contributed by atoms with Crippen LogP contribution in [0.25, 0.3) is 22.3 Å². The maximum atomic E-state index is 2.53. The summed E-state index contributed by atoms with van der Waals surface area (Å²) in [5.74, 6) is 1.40. The Labute approximate surface area is 284 Å². The minimum Gasteiger partial charge on any atom is -0.314 e. The number of anilines is 2. The largest absolute Gasteiger partial charge is 0.314 e. The fraction of sp³-hybridized carbons (Fsp3) is 0.244. The number of rotatable bonds is 5. The highest BCUT2D eigenvalue weighted by molar-refractivity contribution is 8.00. The molecule has 1 aliphatic heterocycles. The molecule has 1 fully saturated rings. The van der Waals surface area contributed by atoms with Crippen LogP contribution < -0.4 is 4.90 Å². The number of fused-ring (bicyclic) bond motifs is 6. The monoisotopic (exact) mass is 627 g/mol. The molecule has 3 aliphatic carbocycles. The summed E-state index contributed by atoms with van der Waals surface area (Å²) >= 11 is 2.13. The van der Waals surface area contributed by atoms with Crippen molar-refractivity contribution in [3.8, 4) is 22.3 Å². The molecule has 1 saturated carbocycles. The van der Waals surface area contributed by atoms with E-state index in [-0.39, 0.29) is 5.41 Å². The smallest absolute Gasteiger partial charge is 0.0461 e. The van der Waals surface area contributed by atoms with E-state index >= 15 is 0 Å². The first-order valence-corrected chi connectivity index (χ1v) is 18.3. The molecule has 2 heteroatoms. The molecule has 5 aromatic rings. The van der Waals surface area contributed by atoms with Crippen molar-refractivity contribution in [3.05, 3.63) is 161 Å². The Morgan fingerprint density at radius 3 is 2.19 bits per heavy atom. The molecule has 0 amide bonds. The Hall–Kier alpha value is -4.27. The zero-order valence-electron chi connectivity index (χ0n) is 27.3. The van der Waals surface area contributed by atoms with E-state index < -0.39 is 0 Å². The molecule has 0 bridgehead atoms. The molecule has 0 spiro atoms. The number of hydrogen-bond acceptors (Lipinski definition) is 2. The first-order valence-electron chi connectivity index (χ1n) is 17.4. The van der Waals surface area contributed by atoms with Crippen LogP contribution in [0.15, 0.2) is 150 Å². The molecule has 1 nitrogen and oxygen atoms in total. The fourth-order valence-corrected chi connectivity index (χ4v) is 10.4. The lowest BCUT2D eigenvalue weighted by Crippen LogP contribution is -2.25. The van der Waals surface area contributed by atoms with Crippen molar-refractivity contribution >= 4 is 23.1 Å². The van der Waals surface area contributed by atoms with Crippen molar-refractivity contribution < 1.29 is 0 Å². The maximum absolute atomic E-state index is 2.53. The van der Waals surface area contributed by atoms with Gasteiger partial charge < -0.3 is 4.90 Å². The zero-order chi connectivity index (χ0) is 31.5. The number of hydrogen-bond donors (Lipinski definition) is 0. The van der Waals surface area contributed by atoms with Crippen molar-refractivity contribution in [2.75, 3.05) is 4.90 Å². The fourth-order valence-electron chi connectivity index (χ4n) is 8.92. The predicted molar refractivity (Wildman–Crippen MR) is 200 cm³/mol. The van der Waals surface area contributed by atoms with Crippen LogP contribution in [-0.2, 0) is 5.41 Å². The second-order valence-electron chi connectivity index (χ2n) is 14.4. The summed E-state index contributed by atoms with van der Waals surface area (Å²) in [5, 5.41) is 0.767. The summed E-state index contributed by atoms with van der Waals surface area (Å²) in [5.41, 5.74) is 15.2. The summed E-state index contributed by atoms with van der Waals surface area (Å²) in [6.45, 7) is 4.76. The second-order valence-corrected chi connectivity index (χ2v) is 15.6. The molecular weight excluding hydrogens is 587 g/mol. The number of benzene rings is 5. The topological polar surface area (TPSA) is 3.24 Å². The van der Waals surface area contributed by atoms with Gasteiger partial charge in [-0.3, -0.25) is 0 Å². The second kappa shape index (κ2) is 11.5. The van der Waals surface area contributed by atoms with Gasteiger partial charge in [-0.15, -0.1) is 11.8 Å². The molecule has 4 aliphatic rings. The van der Waals surface area contributed by atoms with Gasteiger partial charge in [0.05, 0.1) is 0 Å². The van der Waals surface area contributed by atoms with E-state index in [1.165, 1.54) is 74.6 Å². The summed E-state index contributed by atoms with van der Waals surface area (Å²) in [7, 11) is 0. The number of nitrogens with zero attached hydrogens (tertiary/aromatic N) is 1. The van der Waals surface area contributed by atoms with E-state index in [0.29, 0.717) is 11.8 Å². The molecular formula is C45H41NS. The number of allylic oxidation sites excluding steroid dienone is 4. The Morgan fingerprint density at radius 2 is 1.36 bits per heavy atom. The third-order valence-corrected chi connectivity index (χ3v) is 12.9. The van der Waals surface area contributed by atoms with Crippen LogP contribution in [0.3, 0.4) is 0 Å². The Kier molecular flexibility index (Phi) is 7.05. The van der Waals surface area contributed by atoms with Gasteiger partial charge in [0.15, 0.2) is 0 Å². The molecule has 0 saturated heterocycles. The van der Waals surface area contributed by atoms with Gasteiger partial charge in [-0.1, -0.05) is 116 Å². The van der Waals surface area contributed by atoms with Crippen LogP contribution in [0.4, 0.5) is 11.4 Å². The summed E-state index contributed by atoms with van der Waals surface area (Å²) < 4.78 is 0. The molecule has 232 valence electrons. The van der Waals surface area contributed by atoms with Crippen LogP contribution in [0.2, 0.25) is 0 Å². The molecule has 0 N–H and O–H groups in total. The van der Waals surface area contributed by atoms with Crippen molar-refractivity contribution in [3.63, 3.8) is 0 Å². The maximum Gasteiger partial charge on any atom is 0.0461 e. The van der Waals surface area contributed by atoms with Gasteiger partial charge in [0.2, 0.25) is 0 Å². The van der Waals surface area contributed by atoms with Crippen LogP contribution >= 0.6 is 11.8 Å². The van der Waals surface area contributed by atoms with Crippen LogP contribution in [0, 0.1) is 5.92 Å². The van der Waals surface area contributed by atoms with E-state index in [4.69, 9.17) is 0 Å². The first kappa shape index (κ1) is 28.9. The summed E-state index contributed by atoms with van der Waals surface area (Å²) in [6, 6.07) is 45.2. The highest BCUT2D eigenvalue weighted by Gasteiger charge is 2.39. The van der Waals surface area contributed by atoms with E-state index in [0.717, 1.165) is 18.1 Å². The third kappa shape index (κ3) is 4.92. The van der Waals surface area contributed by atoms with E-state index in [2.05, 4.69) is 164 Å². The molecule has 3 atom stereocenters. The minimum atomic E-state index is -0.0330. The quantitative estimate of drug-likeness (QED) is 0.191. The highest BCUT2D eigenvalue weighted by atomic mass is 32.2. The Bertz CT molecular complexity index is 2030. The van der Waals surface area contributed by atoms with Gasteiger partial charge in [0.1, 0.15) is 0 Å². The SMILES string of the molecule is CC1(C)c2ccccc2-c2ccc(N(C3=CC=C(C4CCC5Sc6ccccc6C5C4)CC3)c3ccc(-c4ccccc4)cc3)cc21. The van der Waals surface area contributed by atoms with Gasteiger partial charge in [0.25, 0.3) is 0 Å². The molecule has 5 aromatic carbocycles. The van der Waals surface area contributed by atoms with Gasteiger partial charge in [-0.2, -0.15) is 0 Å². The van der Waals surface area contributed by atoms with Crippen LogP contribution in [-0.4, -0.2) is 5.25 Å². The first-order chi connectivity index (χ1) is 23.0.